The molecule has 0 aliphatic carbocycles. The van der Waals surface area contributed by atoms with Crippen LogP contribution in [0.4, 0.5) is 5.69 Å². The molecule has 0 fully saturated rings. The Hall–Kier alpha value is -1.55. The molecule has 1 aromatic carbocycles. The van der Waals surface area contributed by atoms with Crippen molar-refractivity contribution >= 4 is 11.6 Å². The predicted octanol–water partition coefficient (Wildman–Crippen LogP) is 2.38. The number of benzene rings is 1. The zero-order chi connectivity index (χ0) is 15.1. The van der Waals surface area contributed by atoms with Gasteiger partial charge in [0.1, 0.15) is 0 Å². The molecule has 0 aliphatic rings. The standard InChI is InChI=1S/C16H26N2O2/c1-12(2)18(9-4-10-19)16(20)11-13(3)14-5-7-15(17)8-6-14/h5-8,12-13,19H,4,9-11,17H2,1-3H3. The summed E-state index contributed by atoms with van der Waals surface area (Å²) in [5.74, 6) is 0.302. The van der Waals surface area contributed by atoms with Crippen molar-refractivity contribution in [1.29, 1.82) is 0 Å². The highest BCUT2D eigenvalue weighted by atomic mass is 16.3. The Balaban J connectivity index is 2.64. The number of hydrogen-bond donors (Lipinski definition) is 2. The van der Waals surface area contributed by atoms with Crippen LogP contribution in [0.25, 0.3) is 0 Å². The molecule has 1 unspecified atom stereocenters. The Morgan fingerprint density at radius 1 is 1.25 bits per heavy atom. The second kappa shape index (κ2) is 7.90. The van der Waals surface area contributed by atoms with E-state index in [1.54, 1.807) is 0 Å². The van der Waals surface area contributed by atoms with Gasteiger partial charge in [0, 0.05) is 31.3 Å². The van der Waals surface area contributed by atoms with Crippen LogP contribution in [0.3, 0.4) is 0 Å². The van der Waals surface area contributed by atoms with E-state index in [1.165, 1.54) is 0 Å². The first kappa shape index (κ1) is 16.5. The minimum absolute atomic E-state index is 0.115. The second-order valence-corrected chi connectivity index (χ2v) is 5.53. The van der Waals surface area contributed by atoms with E-state index in [0.717, 1.165) is 11.3 Å². The molecule has 0 spiro atoms. The van der Waals surface area contributed by atoms with Crippen molar-refractivity contribution in [3.05, 3.63) is 29.8 Å². The molecule has 0 aliphatic heterocycles. The van der Waals surface area contributed by atoms with Gasteiger partial charge in [0.2, 0.25) is 5.91 Å². The van der Waals surface area contributed by atoms with Crippen LogP contribution < -0.4 is 5.73 Å². The first-order valence-electron chi connectivity index (χ1n) is 7.21. The Morgan fingerprint density at radius 2 is 1.85 bits per heavy atom. The Labute approximate surface area is 121 Å². The van der Waals surface area contributed by atoms with Crippen LogP contribution in [0.15, 0.2) is 24.3 Å². The number of aliphatic hydroxyl groups excluding tert-OH is 1. The normalized spacial score (nSPS) is 12.4. The summed E-state index contributed by atoms with van der Waals surface area (Å²) in [5.41, 5.74) is 7.53. The van der Waals surface area contributed by atoms with E-state index in [1.807, 2.05) is 49.9 Å². The third-order valence-corrected chi connectivity index (χ3v) is 3.49. The number of carbonyl (C=O) groups is 1. The molecular weight excluding hydrogens is 252 g/mol. The predicted molar refractivity (Wildman–Crippen MR) is 82.4 cm³/mol. The van der Waals surface area contributed by atoms with Crippen molar-refractivity contribution < 1.29 is 9.90 Å². The molecule has 1 aromatic rings. The molecule has 1 rings (SSSR count). The van der Waals surface area contributed by atoms with Crippen molar-refractivity contribution in [1.82, 2.24) is 4.90 Å². The second-order valence-electron chi connectivity index (χ2n) is 5.53. The molecular formula is C16H26N2O2. The number of anilines is 1. The van der Waals surface area contributed by atoms with Crippen LogP contribution in [0.5, 0.6) is 0 Å². The molecule has 1 atom stereocenters. The molecule has 4 nitrogen and oxygen atoms in total. The molecule has 1 amide bonds. The lowest BCUT2D eigenvalue weighted by molar-refractivity contribution is -0.133. The van der Waals surface area contributed by atoms with Crippen LogP contribution in [0.1, 0.15) is 45.1 Å². The SMILES string of the molecule is CC(CC(=O)N(CCCO)C(C)C)c1ccc(N)cc1. The van der Waals surface area contributed by atoms with Crippen LogP contribution >= 0.6 is 0 Å². The number of amides is 1. The van der Waals surface area contributed by atoms with Gasteiger partial charge in [-0.15, -0.1) is 0 Å². The fraction of sp³-hybridized carbons (Fsp3) is 0.562. The summed E-state index contributed by atoms with van der Waals surface area (Å²) in [6.45, 7) is 6.78. The summed E-state index contributed by atoms with van der Waals surface area (Å²) in [7, 11) is 0. The van der Waals surface area contributed by atoms with Crippen molar-refractivity contribution in [2.75, 3.05) is 18.9 Å². The lowest BCUT2D eigenvalue weighted by atomic mass is 9.96. The molecule has 3 N–H and O–H groups in total. The largest absolute Gasteiger partial charge is 0.399 e. The maximum absolute atomic E-state index is 12.4. The number of carbonyl (C=O) groups excluding carboxylic acids is 1. The van der Waals surface area contributed by atoms with Gasteiger partial charge in [0.25, 0.3) is 0 Å². The zero-order valence-corrected chi connectivity index (χ0v) is 12.7. The molecule has 20 heavy (non-hydrogen) atoms. The highest BCUT2D eigenvalue weighted by Gasteiger charge is 2.19. The average molecular weight is 278 g/mol. The van der Waals surface area contributed by atoms with Crippen LogP contribution in [-0.4, -0.2) is 35.1 Å². The van der Waals surface area contributed by atoms with E-state index in [9.17, 15) is 4.79 Å². The van der Waals surface area contributed by atoms with Gasteiger partial charge in [-0.1, -0.05) is 19.1 Å². The van der Waals surface area contributed by atoms with E-state index in [4.69, 9.17) is 10.8 Å². The third-order valence-electron chi connectivity index (χ3n) is 3.49. The van der Waals surface area contributed by atoms with Gasteiger partial charge in [-0.2, -0.15) is 0 Å². The Bertz CT molecular complexity index is 415. The minimum Gasteiger partial charge on any atom is -0.399 e. The molecule has 0 radical (unpaired) electrons. The monoisotopic (exact) mass is 278 g/mol. The molecule has 0 aromatic heterocycles. The average Bonchev–Trinajstić information content (AvgIpc) is 2.39. The molecule has 4 heteroatoms. The van der Waals surface area contributed by atoms with Crippen molar-refractivity contribution in [2.24, 2.45) is 0 Å². The van der Waals surface area contributed by atoms with Gasteiger partial charge in [0.15, 0.2) is 0 Å². The number of nitrogen functional groups attached to an aromatic ring is 1. The summed E-state index contributed by atoms with van der Waals surface area (Å²) in [6.07, 6.45) is 1.10. The summed E-state index contributed by atoms with van der Waals surface area (Å²) in [5, 5.41) is 8.91. The maximum atomic E-state index is 12.4. The topological polar surface area (TPSA) is 66.6 Å². The summed E-state index contributed by atoms with van der Waals surface area (Å²) < 4.78 is 0. The van der Waals surface area contributed by atoms with Gasteiger partial charge in [-0.05, 0) is 43.9 Å². The maximum Gasteiger partial charge on any atom is 0.223 e. The fourth-order valence-electron chi connectivity index (χ4n) is 2.23. The number of aliphatic hydroxyl groups is 1. The fourth-order valence-corrected chi connectivity index (χ4v) is 2.23. The first-order valence-corrected chi connectivity index (χ1v) is 7.21. The lowest BCUT2D eigenvalue weighted by Crippen LogP contribution is -2.38. The molecule has 0 saturated heterocycles. The summed E-state index contributed by atoms with van der Waals surface area (Å²) in [4.78, 5) is 14.2. The van der Waals surface area contributed by atoms with Crippen molar-refractivity contribution in [3.63, 3.8) is 0 Å². The number of nitrogens with two attached hydrogens (primary N) is 1. The summed E-state index contributed by atoms with van der Waals surface area (Å²) >= 11 is 0. The third kappa shape index (κ3) is 4.85. The van der Waals surface area contributed by atoms with Crippen LogP contribution in [0.2, 0.25) is 0 Å². The quantitative estimate of drug-likeness (QED) is 0.753. The van der Waals surface area contributed by atoms with E-state index in [-0.39, 0.29) is 24.5 Å². The van der Waals surface area contributed by atoms with Gasteiger partial charge in [-0.3, -0.25) is 4.79 Å². The molecule has 0 saturated carbocycles. The molecule has 112 valence electrons. The number of nitrogens with zero attached hydrogens (tertiary/aromatic N) is 1. The van der Waals surface area contributed by atoms with Crippen molar-refractivity contribution in [2.45, 2.75) is 45.6 Å². The van der Waals surface area contributed by atoms with Gasteiger partial charge < -0.3 is 15.7 Å². The van der Waals surface area contributed by atoms with Gasteiger partial charge in [0.05, 0.1) is 0 Å². The number of hydrogen-bond acceptors (Lipinski definition) is 3. The van der Waals surface area contributed by atoms with E-state index in [0.29, 0.717) is 19.4 Å². The number of rotatable bonds is 7. The van der Waals surface area contributed by atoms with Gasteiger partial charge in [-0.25, -0.2) is 0 Å². The van der Waals surface area contributed by atoms with E-state index >= 15 is 0 Å². The Kier molecular flexibility index (Phi) is 6.52. The van der Waals surface area contributed by atoms with Gasteiger partial charge >= 0.3 is 0 Å². The zero-order valence-electron chi connectivity index (χ0n) is 12.7. The van der Waals surface area contributed by atoms with Crippen LogP contribution in [0, 0.1) is 0 Å². The minimum atomic E-state index is 0.115. The smallest absolute Gasteiger partial charge is 0.223 e. The van der Waals surface area contributed by atoms with E-state index in [2.05, 4.69) is 0 Å². The first-order chi connectivity index (χ1) is 9.45. The lowest BCUT2D eigenvalue weighted by Gasteiger charge is -2.28. The highest BCUT2D eigenvalue weighted by molar-refractivity contribution is 5.77. The van der Waals surface area contributed by atoms with Crippen molar-refractivity contribution in [3.8, 4) is 0 Å². The van der Waals surface area contributed by atoms with Crippen LogP contribution in [-0.2, 0) is 4.79 Å². The molecule has 0 heterocycles. The highest BCUT2D eigenvalue weighted by Crippen LogP contribution is 2.21. The van der Waals surface area contributed by atoms with E-state index < -0.39 is 0 Å². The molecule has 0 bridgehead atoms. The Morgan fingerprint density at radius 3 is 2.35 bits per heavy atom. The summed E-state index contributed by atoms with van der Waals surface area (Å²) in [6, 6.07) is 7.83.